The van der Waals surface area contributed by atoms with Gasteiger partial charge in [0.15, 0.2) is 5.16 Å². The summed E-state index contributed by atoms with van der Waals surface area (Å²) in [4.78, 5) is 43.4. The Bertz CT molecular complexity index is 1490. The predicted octanol–water partition coefficient (Wildman–Crippen LogP) is 2.41. The number of rotatable bonds is 1. The summed E-state index contributed by atoms with van der Waals surface area (Å²) in [6.07, 6.45) is 1.84. The summed E-state index contributed by atoms with van der Waals surface area (Å²) in [5.41, 5.74) is -0.321. The van der Waals surface area contributed by atoms with Crippen LogP contribution in [0.4, 0.5) is 0 Å². The molecule has 33 heavy (non-hydrogen) atoms. The van der Waals surface area contributed by atoms with Crippen molar-refractivity contribution in [1.29, 1.82) is 0 Å². The highest BCUT2D eigenvalue weighted by atomic mass is 32.2. The second-order valence-corrected chi connectivity index (χ2v) is 10.3. The summed E-state index contributed by atoms with van der Waals surface area (Å²) in [6, 6.07) is 6.93. The molecule has 11 heteroatoms. The molecule has 0 fully saturated rings. The minimum absolute atomic E-state index is 0.146. The average Bonchev–Trinajstić information content (AvgIpc) is 2.72. The van der Waals surface area contributed by atoms with Gasteiger partial charge in [0.05, 0.1) is 10.9 Å². The van der Waals surface area contributed by atoms with Gasteiger partial charge in [-0.25, -0.2) is 14.5 Å². The Kier molecular flexibility index (Phi) is 6.55. The van der Waals surface area contributed by atoms with E-state index in [1.165, 1.54) is 11.8 Å². The highest BCUT2D eigenvalue weighted by Gasteiger charge is 2.23. The third kappa shape index (κ3) is 5.03. The number of benzene rings is 1. The topological polar surface area (TPSA) is 139 Å². The normalized spacial score (nSPS) is 12.0. The third-order valence-electron chi connectivity index (χ3n) is 4.74. The number of aromatic nitrogens is 7. The van der Waals surface area contributed by atoms with Gasteiger partial charge in [-0.2, -0.15) is 5.10 Å². The van der Waals surface area contributed by atoms with Crippen LogP contribution in [-0.4, -0.2) is 41.0 Å². The van der Waals surface area contributed by atoms with E-state index in [1.54, 1.807) is 24.3 Å². The first-order valence-corrected chi connectivity index (χ1v) is 11.5. The molecule has 3 aromatic heterocycles. The Balaban J connectivity index is 0.000000205. The van der Waals surface area contributed by atoms with E-state index < -0.39 is 11.0 Å². The first-order chi connectivity index (χ1) is 15.3. The van der Waals surface area contributed by atoms with E-state index in [0.29, 0.717) is 27.4 Å². The van der Waals surface area contributed by atoms with Crippen molar-refractivity contribution in [2.24, 2.45) is 0 Å². The quantitative estimate of drug-likeness (QED) is 0.320. The smallest absolute Gasteiger partial charge is 0.284 e. The molecule has 4 rings (SSSR count). The Labute approximate surface area is 193 Å². The van der Waals surface area contributed by atoms with E-state index in [2.05, 4.69) is 30.4 Å². The molecule has 3 heterocycles. The van der Waals surface area contributed by atoms with Gasteiger partial charge in [-0.05, 0) is 18.4 Å². The van der Waals surface area contributed by atoms with Crippen LogP contribution in [-0.2, 0) is 10.8 Å². The first-order valence-electron chi connectivity index (χ1n) is 10.3. The lowest BCUT2D eigenvalue weighted by atomic mass is 9.93. The SMILES string of the molecule is CC(C)(C)c1n[nH]c2nc3ccccc3c(=O)n2c1=O.CSc1nnc(C(C)(C)C)c(=O)[nH]1. The third-order valence-corrected chi connectivity index (χ3v) is 5.31. The fourth-order valence-corrected chi connectivity index (χ4v) is 3.37. The zero-order valence-corrected chi connectivity index (χ0v) is 20.5. The van der Waals surface area contributed by atoms with Crippen molar-refractivity contribution in [2.75, 3.05) is 6.26 Å². The minimum atomic E-state index is -0.452. The Morgan fingerprint density at radius 2 is 1.52 bits per heavy atom. The van der Waals surface area contributed by atoms with Crippen molar-refractivity contribution < 1.29 is 0 Å². The van der Waals surface area contributed by atoms with Crippen molar-refractivity contribution in [2.45, 2.75) is 57.5 Å². The molecular weight excluding hydrogens is 442 g/mol. The van der Waals surface area contributed by atoms with Crippen LogP contribution in [0.25, 0.3) is 16.7 Å². The average molecular weight is 470 g/mol. The number of aromatic amines is 2. The molecule has 0 aliphatic carbocycles. The maximum absolute atomic E-state index is 12.5. The van der Waals surface area contributed by atoms with Crippen molar-refractivity contribution in [1.82, 2.24) is 34.8 Å². The fourth-order valence-electron chi connectivity index (χ4n) is 3.05. The van der Waals surface area contributed by atoms with Crippen LogP contribution in [0.1, 0.15) is 52.9 Å². The number of H-pyrrole nitrogens is 2. The van der Waals surface area contributed by atoms with Crippen LogP contribution >= 0.6 is 11.8 Å². The van der Waals surface area contributed by atoms with Gasteiger partial charge in [-0.1, -0.05) is 65.4 Å². The molecule has 0 aliphatic rings. The van der Waals surface area contributed by atoms with E-state index in [0.717, 1.165) is 4.40 Å². The van der Waals surface area contributed by atoms with Gasteiger partial charge in [0, 0.05) is 10.8 Å². The summed E-state index contributed by atoms with van der Waals surface area (Å²) < 4.78 is 1.05. The lowest BCUT2D eigenvalue weighted by Crippen LogP contribution is -2.36. The highest BCUT2D eigenvalue weighted by molar-refractivity contribution is 7.98. The molecule has 10 nitrogen and oxygen atoms in total. The highest BCUT2D eigenvalue weighted by Crippen LogP contribution is 2.16. The van der Waals surface area contributed by atoms with Crippen LogP contribution in [0.15, 0.2) is 43.8 Å². The van der Waals surface area contributed by atoms with Crippen molar-refractivity contribution >= 4 is 28.4 Å². The summed E-state index contributed by atoms with van der Waals surface area (Å²) in [5.74, 6) is 0.159. The molecule has 0 spiro atoms. The molecule has 0 bridgehead atoms. The fraction of sp³-hybridized carbons (Fsp3) is 0.409. The van der Waals surface area contributed by atoms with Gasteiger partial charge in [0.1, 0.15) is 11.4 Å². The largest absolute Gasteiger partial charge is 0.298 e. The van der Waals surface area contributed by atoms with Gasteiger partial charge in [0.2, 0.25) is 5.78 Å². The molecule has 0 amide bonds. The van der Waals surface area contributed by atoms with Crippen molar-refractivity contribution in [3.63, 3.8) is 0 Å². The molecule has 0 radical (unpaired) electrons. The summed E-state index contributed by atoms with van der Waals surface area (Å²) >= 11 is 1.37. The Morgan fingerprint density at radius 3 is 2.09 bits per heavy atom. The van der Waals surface area contributed by atoms with E-state index >= 15 is 0 Å². The predicted molar refractivity (Wildman–Crippen MR) is 129 cm³/mol. The van der Waals surface area contributed by atoms with Crippen LogP contribution in [0, 0.1) is 0 Å². The summed E-state index contributed by atoms with van der Waals surface area (Å²) in [6.45, 7) is 11.4. The minimum Gasteiger partial charge on any atom is -0.298 e. The van der Waals surface area contributed by atoms with E-state index in [4.69, 9.17) is 0 Å². The van der Waals surface area contributed by atoms with Crippen LogP contribution in [0.2, 0.25) is 0 Å². The van der Waals surface area contributed by atoms with E-state index in [9.17, 15) is 14.4 Å². The first kappa shape index (κ1) is 24.3. The number of hydrogen-bond donors (Lipinski definition) is 2. The van der Waals surface area contributed by atoms with E-state index in [-0.39, 0.29) is 22.3 Å². The zero-order chi connectivity index (χ0) is 24.6. The van der Waals surface area contributed by atoms with Gasteiger partial charge < -0.3 is 0 Å². The maximum Gasteiger partial charge on any atom is 0.284 e. The number of para-hydroxylation sites is 1. The van der Waals surface area contributed by atoms with Crippen LogP contribution < -0.4 is 16.7 Å². The van der Waals surface area contributed by atoms with Gasteiger partial charge in [0.25, 0.3) is 16.7 Å². The van der Waals surface area contributed by atoms with Crippen molar-refractivity contribution in [3.8, 4) is 0 Å². The molecule has 174 valence electrons. The van der Waals surface area contributed by atoms with Crippen LogP contribution in [0.3, 0.4) is 0 Å². The van der Waals surface area contributed by atoms with E-state index in [1.807, 2.05) is 47.8 Å². The zero-order valence-electron chi connectivity index (χ0n) is 19.7. The Hall–Kier alpha value is -3.34. The number of nitrogens with one attached hydrogen (secondary N) is 2. The number of fused-ring (bicyclic) bond motifs is 2. The molecule has 0 atom stereocenters. The summed E-state index contributed by atoms with van der Waals surface area (Å²) in [7, 11) is 0. The second kappa shape index (κ2) is 8.89. The van der Waals surface area contributed by atoms with Gasteiger partial charge >= 0.3 is 0 Å². The number of thioether (sulfide) groups is 1. The standard InChI is InChI=1S/C14H14N4O2.C8H13N3OS/c1-14(2,3)10-12(20)18-11(19)8-6-4-5-7-9(8)15-13(18)17-16-10;1-8(2,3)5-6(12)9-7(13-4)11-10-5/h4-7H,1-3H3,(H,15,17);1-4H3,(H,9,11,12). The molecule has 0 saturated carbocycles. The maximum atomic E-state index is 12.5. The molecular formula is C22H27N7O3S. The van der Waals surface area contributed by atoms with Gasteiger partial charge in [-0.3, -0.25) is 19.4 Å². The van der Waals surface area contributed by atoms with Crippen LogP contribution in [0.5, 0.6) is 0 Å². The number of nitrogens with zero attached hydrogens (tertiary/aromatic N) is 5. The lowest BCUT2D eigenvalue weighted by Gasteiger charge is -2.16. The molecule has 0 saturated heterocycles. The Morgan fingerprint density at radius 1 is 0.879 bits per heavy atom. The molecule has 1 aromatic carbocycles. The summed E-state index contributed by atoms with van der Waals surface area (Å²) in [5, 5.41) is 15.5. The second-order valence-electron chi connectivity index (χ2n) is 9.48. The lowest BCUT2D eigenvalue weighted by molar-refractivity contribution is 0.536. The number of hydrogen-bond acceptors (Lipinski definition) is 8. The van der Waals surface area contributed by atoms with Gasteiger partial charge in [-0.15, -0.1) is 10.2 Å². The molecule has 0 unspecified atom stereocenters. The molecule has 2 N–H and O–H groups in total. The molecule has 4 aromatic rings. The monoisotopic (exact) mass is 469 g/mol. The van der Waals surface area contributed by atoms with Crippen molar-refractivity contribution in [3.05, 3.63) is 66.7 Å². The molecule has 0 aliphatic heterocycles.